The van der Waals surface area contributed by atoms with E-state index in [1.165, 1.54) is 60.3 Å². The van der Waals surface area contributed by atoms with Gasteiger partial charge >= 0.3 is 0 Å². The first-order valence-corrected chi connectivity index (χ1v) is 16.4. The van der Waals surface area contributed by atoms with Crippen LogP contribution in [0.3, 0.4) is 0 Å². The van der Waals surface area contributed by atoms with E-state index in [9.17, 15) is 0 Å². The van der Waals surface area contributed by atoms with E-state index >= 15 is 0 Å². The quantitative estimate of drug-likeness (QED) is 0.200. The van der Waals surface area contributed by atoms with E-state index in [0.29, 0.717) is 0 Å². The van der Waals surface area contributed by atoms with Crippen LogP contribution >= 0.6 is 0 Å². The van der Waals surface area contributed by atoms with Crippen LogP contribution in [0, 0.1) is 0 Å². The van der Waals surface area contributed by atoms with Crippen molar-refractivity contribution in [3.63, 3.8) is 0 Å². The summed E-state index contributed by atoms with van der Waals surface area (Å²) in [6, 6.07) is 55.1. The van der Waals surface area contributed by atoms with Crippen LogP contribution in [0.1, 0.15) is 25.0 Å². The minimum absolute atomic E-state index is 0.197. The zero-order chi connectivity index (χ0) is 31.3. The molecule has 1 aliphatic rings. The Balaban J connectivity index is 1.40. The molecule has 10 rings (SSSR count). The molecule has 0 spiro atoms. The van der Waals surface area contributed by atoms with Gasteiger partial charge in [-0.05, 0) is 62.5 Å². The zero-order valence-corrected chi connectivity index (χ0v) is 26.3. The highest BCUT2D eigenvalue weighted by Gasteiger charge is 2.40. The normalized spacial score (nSPS) is 13.5. The molecular formula is C45H31NO. The second kappa shape index (κ2) is 9.57. The van der Waals surface area contributed by atoms with Crippen molar-refractivity contribution in [2.75, 3.05) is 4.90 Å². The predicted molar refractivity (Wildman–Crippen MR) is 198 cm³/mol. The number of hydrogen-bond acceptors (Lipinski definition) is 2. The van der Waals surface area contributed by atoms with Crippen LogP contribution in [0.15, 0.2) is 156 Å². The van der Waals surface area contributed by atoms with Gasteiger partial charge in [0.15, 0.2) is 0 Å². The van der Waals surface area contributed by atoms with Gasteiger partial charge in [-0.1, -0.05) is 135 Å². The summed E-state index contributed by atoms with van der Waals surface area (Å²) in [7, 11) is 0. The van der Waals surface area contributed by atoms with E-state index in [1.807, 2.05) is 6.07 Å². The van der Waals surface area contributed by atoms with Gasteiger partial charge in [0, 0.05) is 44.3 Å². The van der Waals surface area contributed by atoms with Crippen LogP contribution in [0.4, 0.5) is 17.1 Å². The summed E-state index contributed by atoms with van der Waals surface area (Å²) < 4.78 is 6.61. The molecule has 0 aliphatic heterocycles. The third kappa shape index (κ3) is 3.61. The Morgan fingerprint density at radius 3 is 1.96 bits per heavy atom. The monoisotopic (exact) mass is 601 g/mol. The second-order valence-electron chi connectivity index (χ2n) is 13.3. The highest BCUT2D eigenvalue weighted by Crippen LogP contribution is 2.58. The fourth-order valence-electron chi connectivity index (χ4n) is 8.34. The molecule has 222 valence electrons. The minimum Gasteiger partial charge on any atom is -0.456 e. The molecule has 2 nitrogen and oxygen atoms in total. The number of furan rings is 1. The first-order chi connectivity index (χ1) is 23.1. The summed E-state index contributed by atoms with van der Waals surface area (Å²) in [4.78, 5) is 2.50. The highest BCUT2D eigenvalue weighted by atomic mass is 16.3. The highest BCUT2D eigenvalue weighted by molar-refractivity contribution is 6.23. The number of hydrogen-bond donors (Lipinski definition) is 0. The second-order valence-corrected chi connectivity index (χ2v) is 13.3. The number of para-hydroxylation sites is 2. The lowest BCUT2D eigenvalue weighted by molar-refractivity contribution is 0.667. The van der Waals surface area contributed by atoms with E-state index in [1.54, 1.807) is 0 Å². The molecule has 0 unspecified atom stereocenters. The van der Waals surface area contributed by atoms with Crippen LogP contribution in [-0.4, -0.2) is 0 Å². The summed E-state index contributed by atoms with van der Waals surface area (Å²) in [5.74, 6) is 0. The van der Waals surface area contributed by atoms with Gasteiger partial charge in [-0.3, -0.25) is 0 Å². The maximum absolute atomic E-state index is 6.61. The van der Waals surface area contributed by atoms with Gasteiger partial charge in [0.1, 0.15) is 11.2 Å². The summed E-state index contributed by atoms with van der Waals surface area (Å²) in [6.07, 6.45) is 0. The molecule has 0 N–H and O–H groups in total. The van der Waals surface area contributed by atoms with Crippen molar-refractivity contribution in [2.24, 2.45) is 0 Å². The van der Waals surface area contributed by atoms with Crippen molar-refractivity contribution >= 4 is 71.3 Å². The van der Waals surface area contributed by atoms with Gasteiger partial charge in [0.05, 0.1) is 11.4 Å². The van der Waals surface area contributed by atoms with Crippen LogP contribution in [0.25, 0.3) is 65.4 Å². The van der Waals surface area contributed by atoms with Gasteiger partial charge in [-0.2, -0.15) is 0 Å². The molecule has 0 saturated heterocycles. The van der Waals surface area contributed by atoms with Gasteiger partial charge in [0.2, 0.25) is 0 Å². The van der Waals surface area contributed by atoms with Crippen LogP contribution < -0.4 is 4.90 Å². The smallest absolute Gasteiger partial charge is 0.138 e. The lowest BCUT2D eigenvalue weighted by atomic mass is 9.79. The maximum atomic E-state index is 6.61. The summed E-state index contributed by atoms with van der Waals surface area (Å²) in [6.45, 7) is 4.79. The van der Waals surface area contributed by atoms with Crippen molar-refractivity contribution in [2.45, 2.75) is 19.3 Å². The van der Waals surface area contributed by atoms with E-state index in [-0.39, 0.29) is 5.41 Å². The number of benzene rings is 8. The SMILES string of the molecule is CC1(C)c2cc3ccccc3c(N(c3ccccc3)c3cc4oc5ccccc5c4c4ccccc34)c2-c2ccc3ccccc3c21. The molecule has 0 radical (unpaired) electrons. The Morgan fingerprint density at radius 1 is 0.511 bits per heavy atom. The number of nitrogens with zero attached hydrogens (tertiary/aromatic N) is 1. The Kier molecular flexibility index (Phi) is 5.37. The van der Waals surface area contributed by atoms with Gasteiger partial charge < -0.3 is 9.32 Å². The third-order valence-electron chi connectivity index (χ3n) is 10.4. The number of fused-ring (bicyclic) bond motifs is 11. The Labute approximate surface area is 273 Å². The Hall–Kier alpha value is -5.86. The molecule has 9 aromatic rings. The van der Waals surface area contributed by atoms with Gasteiger partial charge in [-0.15, -0.1) is 0 Å². The van der Waals surface area contributed by atoms with Gasteiger partial charge in [0.25, 0.3) is 0 Å². The molecule has 47 heavy (non-hydrogen) atoms. The molecule has 0 amide bonds. The molecule has 8 aromatic carbocycles. The molecule has 0 saturated carbocycles. The molecule has 0 fully saturated rings. The standard InChI is InChI=1S/C45H31NO/c1-45(2)37-26-29-15-7-9-19-32(29)44(42(37)36-25-24-28-14-6-8-18-31(28)43(36)45)46(30-16-4-3-5-17-30)38-27-40-41(34-21-11-10-20-33(34)38)35-22-12-13-23-39(35)47-40/h3-27H,1-2H3. The van der Waals surface area contributed by atoms with E-state index in [2.05, 4.69) is 164 Å². The fourth-order valence-corrected chi connectivity index (χ4v) is 8.34. The first-order valence-electron chi connectivity index (χ1n) is 16.4. The molecular weight excluding hydrogens is 571 g/mol. The summed E-state index contributed by atoms with van der Waals surface area (Å²) >= 11 is 0. The van der Waals surface area contributed by atoms with E-state index in [0.717, 1.165) is 33.3 Å². The van der Waals surface area contributed by atoms with E-state index < -0.39 is 0 Å². The Morgan fingerprint density at radius 2 is 1.15 bits per heavy atom. The molecule has 1 heterocycles. The largest absolute Gasteiger partial charge is 0.456 e. The Bertz CT molecular complexity index is 2720. The average molecular weight is 602 g/mol. The fraction of sp³-hybridized carbons (Fsp3) is 0.0667. The maximum Gasteiger partial charge on any atom is 0.138 e. The third-order valence-corrected chi connectivity index (χ3v) is 10.4. The zero-order valence-electron chi connectivity index (χ0n) is 26.3. The first kappa shape index (κ1) is 26.4. The average Bonchev–Trinajstić information content (AvgIpc) is 3.60. The van der Waals surface area contributed by atoms with Crippen molar-refractivity contribution in [3.05, 3.63) is 163 Å². The van der Waals surface area contributed by atoms with Crippen molar-refractivity contribution in [1.82, 2.24) is 0 Å². The number of anilines is 3. The van der Waals surface area contributed by atoms with Crippen LogP contribution in [0.5, 0.6) is 0 Å². The van der Waals surface area contributed by atoms with E-state index in [4.69, 9.17) is 4.42 Å². The number of rotatable bonds is 3. The lowest BCUT2D eigenvalue weighted by Crippen LogP contribution is -2.17. The van der Waals surface area contributed by atoms with Crippen molar-refractivity contribution in [3.8, 4) is 11.1 Å². The van der Waals surface area contributed by atoms with Crippen molar-refractivity contribution < 1.29 is 4.42 Å². The molecule has 1 aromatic heterocycles. The van der Waals surface area contributed by atoms with Crippen molar-refractivity contribution in [1.29, 1.82) is 0 Å². The topological polar surface area (TPSA) is 16.4 Å². The molecule has 0 atom stereocenters. The van der Waals surface area contributed by atoms with Gasteiger partial charge in [-0.25, -0.2) is 0 Å². The molecule has 0 bridgehead atoms. The summed E-state index contributed by atoms with van der Waals surface area (Å²) in [5, 5.41) is 9.74. The predicted octanol–water partition coefficient (Wildman–Crippen LogP) is 12.8. The lowest BCUT2D eigenvalue weighted by Gasteiger charge is -2.31. The minimum atomic E-state index is -0.197. The van der Waals surface area contributed by atoms with Crippen LogP contribution in [-0.2, 0) is 5.41 Å². The molecule has 1 aliphatic carbocycles. The molecule has 2 heteroatoms. The van der Waals surface area contributed by atoms with Crippen LogP contribution in [0.2, 0.25) is 0 Å². The summed E-state index contributed by atoms with van der Waals surface area (Å²) in [5.41, 5.74) is 10.4.